The zero-order chi connectivity index (χ0) is 14.5. The first-order chi connectivity index (χ1) is 9.63. The maximum absolute atomic E-state index is 13.4. The van der Waals surface area contributed by atoms with Gasteiger partial charge in [0.2, 0.25) is 0 Å². The number of hydrogen-bond donors (Lipinski definition) is 1. The second-order valence-corrected chi connectivity index (χ2v) is 5.73. The van der Waals surface area contributed by atoms with E-state index in [9.17, 15) is 8.60 Å². The average Bonchev–Trinajstić information content (AvgIpc) is 2.46. The van der Waals surface area contributed by atoms with E-state index in [1.54, 1.807) is 24.3 Å². The number of rotatable bonds is 5. The van der Waals surface area contributed by atoms with E-state index in [-0.39, 0.29) is 18.1 Å². The van der Waals surface area contributed by atoms with Crippen LogP contribution in [0.2, 0.25) is 0 Å². The van der Waals surface area contributed by atoms with Crippen molar-refractivity contribution in [3.8, 4) is 5.75 Å². The van der Waals surface area contributed by atoms with Gasteiger partial charge < -0.3 is 10.5 Å². The van der Waals surface area contributed by atoms with Crippen LogP contribution in [0.3, 0.4) is 0 Å². The molecule has 0 radical (unpaired) electrons. The molecule has 2 aromatic rings. The summed E-state index contributed by atoms with van der Waals surface area (Å²) in [6.07, 6.45) is 0. The molecule has 0 aliphatic rings. The van der Waals surface area contributed by atoms with Gasteiger partial charge in [0.05, 0.1) is 28.6 Å². The van der Waals surface area contributed by atoms with E-state index in [1.165, 1.54) is 19.2 Å². The topological polar surface area (TPSA) is 52.3 Å². The van der Waals surface area contributed by atoms with Crippen molar-refractivity contribution in [1.29, 1.82) is 0 Å². The van der Waals surface area contributed by atoms with Crippen molar-refractivity contribution in [3.63, 3.8) is 0 Å². The Labute approximate surface area is 120 Å². The maximum Gasteiger partial charge on any atom is 0.134 e. The summed E-state index contributed by atoms with van der Waals surface area (Å²) in [5.41, 5.74) is 6.87. The number of para-hydroxylation sites is 1. The monoisotopic (exact) mass is 293 g/mol. The number of methoxy groups -OCH3 is 1. The zero-order valence-corrected chi connectivity index (χ0v) is 12.0. The predicted octanol–water partition coefficient (Wildman–Crippen LogP) is 2.60. The molecule has 0 saturated carbocycles. The molecule has 20 heavy (non-hydrogen) atoms. The van der Waals surface area contributed by atoms with Crippen LogP contribution in [0.4, 0.5) is 4.39 Å². The van der Waals surface area contributed by atoms with Gasteiger partial charge in [0.25, 0.3) is 0 Å². The van der Waals surface area contributed by atoms with Gasteiger partial charge in [-0.3, -0.25) is 4.21 Å². The summed E-state index contributed by atoms with van der Waals surface area (Å²) in [4.78, 5) is 0.605. The number of ether oxygens (including phenoxy) is 1. The molecule has 0 spiro atoms. The van der Waals surface area contributed by atoms with E-state index in [2.05, 4.69) is 0 Å². The lowest BCUT2D eigenvalue weighted by molar-refractivity contribution is 0.404. The van der Waals surface area contributed by atoms with Gasteiger partial charge in [-0.05, 0) is 35.4 Å². The van der Waals surface area contributed by atoms with Gasteiger partial charge in [-0.15, -0.1) is 0 Å². The Balaban J connectivity index is 2.25. The SMILES string of the molecule is COc1ccccc1S(=O)Cc1cc(F)cc(CN)c1. The van der Waals surface area contributed by atoms with Crippen molar-refractivity contribution >= 4 is 10.8 Å². The van der Waals surface area contributed by atoms with Crippen molar-refractivity contribution in [2.75, 3.05) is 7.11 Å². The summed E-state index contributed by atoms with van der Waals surface area (Å²) in [6.45, 7) is 0.256. The number of halogens is 1. The highest BCUT2D eigenvalue weighted by Crippen LogP contribution is 2.23. The van der Waals surface area contributed by atoms with Gasteiger partial charge in [0.15, 0.2) is 0 Å². The summed E-state index contributed by atoms with van der Waals surface area (Å²) < 4.78 is 31.0. The smallest absolute Gasteiger partial charge is 0.134 e. The Kier molecular flexibility index (Phi) is 4.87. The van der Waals surface area contributed by atoms with Crippen LogP contribution in [-0.4, -0.2) is 11.3 Å². The fourth-order valence-electron chi connectivity index (χ4n) is 1.95. The first-order valence-corrected chi connectivity index (χ1v) is 7.45. The summed E-state index contributed by atoms with van der Waals surface area (Å²) >= 11 is 0. The Bertz CT molecular complexity index is 631. The Morgan fingerprint density at radius 3 is 2.60 bits per heavy atom. The van der Waals surface area contributed by atoms with Crippen molar-refractivity contribution in [2.45, 2.75) is 17.2 Å². The fraction of sp³-hybridized carbons (Fsp3) is 0.200. The molecular formula is C15H16FNO2S. The first kappa shape index (κ1) is 14.7. The van der Waals surface area contributed by atoms with Crippen LogP contribution in [0.15, 0.2) is 47.4 Å². The largest absolute Gasteiger partial charge is 0.495 e. The average molecular weight is 293 g/mol. The molecule has 0 aliphatic heterocycles. The molecule has 1 unspecified atom stereocenters. The Hall–Kier alpha value is -1.72. The van der Waals surface area contributed by atoms with Gasteiger partial charge in [-0.2, -0.15) is 0 Å². The van der Waals surface area contributed by atoms with Crippen molar-refractivity contribution < 1.29 is 13.3 Å². The van der Waals surface area contributed by atoms with Crippen LogP contribution >= 0.6 is 0 Å². The lowest BCUT2D eigenvalue weighted by atomic mass is 10.1. The molecule has 5 heteroatoms. The molecule has 3 nitrogen and oxygen atoms in total. The molecule has 2 rings (SSSR count). The minimum atomic E-state index is -1.30. The minimum Gasteiger partial charge on any atom is -0.495 e. The molecule has 0 saturated heterocycles. The maximum atomic E-state index is 13.4. The molecule has 0 fully saturated rings. The number of nitrogens with two attached hydrogens (primary N) is 1. The zero-order valence-electron chi connectivity index (χ0n) is 11.1. The Morgan fingerprint density at radius 2 is 1.90 bits per heavy atom. The highest BCUT2D eigenvalue weighted by atomic mass is 32.2. The van der Waals surface area contributed by atoms with E-state index < -0.39 is 10.8 Å². The van der Waals surface area contributed by atoms with Crippen LogP contribution in [0.25, 0.3) is 0 Å². The number of benzene rings is 2. The standard InChI is InChI=1S/C15H16FNO2S/c1-19-14-4-2-3-5-15(14)20(18)10-12-6-11(9-17)7-13(16)8-12/h2-8H,9-10,17H2,1H3. The van der Waals surface area contributed by atoms with Gasteiger partial charge in [-0.25, -0.2) is 4.39 Å². The summed E-state index contributed by atoms with van der Waals surface area (Å²) in [7, 11) is 0.236. The third-order valence-electron chi connectivity index (χ3n) is 2.87. The highest BCUT2D eigenvalue weighted by molar-refractivity contribution is 7.84. The molecule has 2 aromatic carbocycles. The molecule has 0 aromatic heterocycles. The van der Waals surface area contributed by atoms with E-state index in [4.69, 9.17) is 10.5 Å². The molecule has 2 N–H and O–H groups in total. The molecule has 0 amide bonds. The highest BCUT2D eigenvalue weighted by Gasteiger charge is 2.11. The summed E-state index contributed by atoms with van der Waals surface area (Å²) in [6, 6.07) is 11.7. The molecule has 1 atom stereocenters. The van der Waals surface area contributed by atoms with Gasteiger partial charge in [0.1, 0.15) is 11.6 Å². The van der Waals surface area contributed by atoms with Crippen molar-refractivity contribution in [2.24, 2.45) is 5.73 Å². The van der Waals surface area contributed by atoms with Crippen LogP contribution < -0.4 is 10.5 Å². The summed E-state index contributed by atoms with van der Waals surface area (Å²) in [5.74, 6) is 0.437. The van der Waals surface area contributed by atoms with E-state index >= 15 is 0 Å². The second-order valence-electron chi connectivity index (χ2n) is 4.31. The molecule has 0 heterocycles. The predicted molar refractivity (Wildman–Crippen MR) is 77.4 cm³/mol. The quantitative estimate of drug-likeness (QED) is 0.922. The van der Waals surface area contributed by atoms with Crippen molar-refractivity contribution in [3.05, 3.63) is 59.4 Å². The lowest BCUT2D eigenvalue weighted by Crippen LogP contribution is -2.02. The van der Waals surface area contributed by atoms with Gasteiger partial charge in [0, 0.05) is 6.54 Å². The third kappa shape index (κ3) is 3.43. The summed E-state index contributed by atoms with van der Waals surface area (Å²) in [5, 5.41) is 0. The molecular weight excluding hydrogens is 277 g/mol. The molecule has 0 aliphatic carbocycles. The van der Waals surface area contributed by atoms with Crippen LogP contribution in [0.5, 0.6) is 5.75 Å². The van der Waals surface area contributed by atoms with Crippen molar-refractivity contribution in [1.82, 2.24) is 0 Å². The van der Waals surface area contributed by atoms with E-state index in [1.807, 2.05) is 6.07 Å². The van der Waals surface area contributed by atoms with Gasteiger partial charge in [-0.1, -0.05) is 18.2 Å². The molecule has 0 bridgehead atoms. The fourth-order valence-corrected chi connectivity index (χ4v) is 3.19. The van der Waals surface area contributed by atoms with Crippen LogP contribution in [0, 0.1) is 5.82 Å². The Morgan fingerprint density at radius 1 is 1.20 bits per heavy atom. The second kappa shape index (κ2) is 6.63. The van der Waals surface area contributed by atoms with Crippen LogP contribution in [-0.2, 0) is 23.1 Å². The third-order valence-corrected chi connectivity index (χ3v) is 4.29. The van der Waals surface area contributed by atoms with Crippen LogP contribution in [0.1, 0.15) is 11.1 Å². The normalized spacial score (nSPS) is 12.2. The van der Waals surface area contributed by atoms with Gasteiger partial charge >= 0.3 is 0 Å². The number of hydrogen-bond acceptors (Lipinski definition) is 3. The first-order valence-electron chi connectivity index (χ1n) is 6.14. The minimum absolute atomic E-state index is 0.227. The van der Waals surface area contributed by atoms with E-state index in [0.717, 1.165) is 0 Å². The molecule has 106 valence electrons. The van der Waals surface area contributed by atoms with E-state index in [0.29, 0.717) is 21.8 Å². The lowest BCUT2D eigenvalue weighted by Gasteiger charge is -2.09.